The molecule has 3 rings (SSSR count). The monoisotopic (exact) mass is 286 g/mol. The zero-order chi connectivity index (χ0) is 15.0. The van der Waals surface area contributed by atoms with Gasteiger partial charge in [-0.3, -0.25) is 9.59 Å². The average Bonchev–Trinajstić information content (AvgIpc) is 3.03. The number of fused-ring (bicyclic) bond motifs is 1. The number of rotatable bonds is 3. The molecule has 2 amide bonds. The van der Waals surface area contributed by atoms with Gasteiger partial charge in [0.2, 0.25) is 5.91 Å². The van der Waals surface area contributed by atoms with E-state index in [-0.39, 0.29) is 5.91 Å². The van der Waals surface area contributed by atoms with Crippen LogP contribution >= 0.6 is 0 Å². The molecule has 1 fully saturated rings. The van der Waals surface area contributed by atoms with Crippen molar-refractivity contribution in [3.8, 4) is 0 Å². The van der Waals surface area contributed by atoms with Gasteiger partial charge in [0.1, 0.15) is 11.4 Å². The maximum atomic E-state index is 12.4. The van der Waals surface area contributed by atoms with Crippen LogP contribution in [-0.2, 0) is 4.79 Å². The Kier molecular flexibility index (Phi) is 3.16. The quantitative estimate of drug-likeness (QED) is 0.795. The Labute approximate surface area is 122 Å². The molecule has 110 valence electrons. The van der Waals surface area contributed by atoms with Gasteiger partial charge in [-0.25, -0.2) is 4.98 Å². The van der Waals surface area contributed by atoms with Crippen molar-refractivity contribution >= 4 is 22.8 Å². The fourth-order valence-electron chi connectivity index (χ4n) is 2.98. The Balaban J connectivity index is 1.87. The van der Waals surface area contributed by atoms with Crippen LogP contribution in [0.2, 0.25) is 0 Å². The van der Waals surface area contributed by atoms with Gasteiger partial charge >= 0.3 is 0 Å². The molecule has 4 N–H and O–H groups in total. The minimum atomic E-state index is -0.893. The maximum absolute atomic E-state index is 12.4. The predicted molar refractivity (Wildman–Crippen MR) is 78.7 cm³/mol. The van der Waals surface area contributed by atoms with Crippen molar-refractivity contribution < 1.29 is 9.59 Å². The van der Waals surface area contributed by atoms with E-state index in [0.717, 1.165) is 29.7 Å². The van der Waals surface area contributed by atoms with E-state index in [1.165, 1.54) is 0 Å². The highest BCUT2D eigenvalue weighted by atomic mass is 16.2. The first kappa shape index (κ1) is 13.6. The summed E-state index contributed by atoms with van der Waals surface area (Å²) < 4.78 is 0. The number of nitrogens with one attached hydrogen (secondary N) is 2. The fourth-order valence-corrected chi connectivity index (χ4v) is 2.98. The van der Waals surface area contributed by atoms with Crippen molar-refractivity contribution in [2.24, 2.45) is 5.73 Å². The number of carbonyl (C=O) groups excluding carboxylic acids is 2. The Morgan fingerprint density at radius 2 is 2.05 bits per heavy atom. The van der Waals surface area contributed by atoms with Crippen molar-refractivity contribution in [2.75, 3.05) is 0 Å². The molecule has 0 atom stereocenters. The number of aromatic amines is 1. The van der Waals surface area contributed by atoms with Gasteiger partial charge in [0.15, 0.2) is 0 Å². The standard InChI is InChI=1S/C15H18N4O2/c1-9-17-11-5-4-10(8-12(11)18-9)13(20)19-15(14(16)21)6-2-3-7-15/h4-5,8H,2-3,6-7H2,1H3,(H2,16,21)(H,17,18)(H,19,20). The van der Waals surface area contributed by atoms with Crippen LogP contribution in [0.1, 0.15) is 41.9 Å². The summed E-state index contributed by atoms with van der Waals surface area (Å²) in [7, 11) is 0. The molecule has 0 aliphatic heterocycles. The van der Waals surface area contributed by atoms with Crippen LogP contribution in [0.25, 0.3) is 11.0 Å². The van der Waals surface area contributed by atoms with Crippen LogP contribution in [0.5, 0.6) is 0 Å². The SMILES string of the molecule is Cc1nc2ccc(C(=O)NC3(C(N)=O)CCCC3)cc2[nH]1. The van der Waals surface area contributed by atoms with Gasteiger partial charge < -0.3 is 16.0 Å². The molecule has 1 aromatic heterocycles. The molecule has 6 heteroatoms. The van der Waals surface area contributed by atoms with E-state index in [2.05, 4.69) is 15.3 Å². The second-order valence-corrected chi connectivity index (χ2v) is 5.66. The number of H-pyrrole nitrogens is 1. The van der Waals surface area contributed by atoms with Gasteiger partial charge in [-0.15, -0.1) is 0 Å². The lowest BCUT2D eigenvalue weighted by Crippen LogP contribution is -2.55. The van der Waals surface area contributed by atoms with E-state index >= 15 is 0 Å². The van der Waals surface area contributed by atoms with Gasteiger partial charge in [0.05, 0.1) is 11.0 Å². The number of nitrogens with zero attached hydrogens (tertiary/aromatic N) is 1. The van der Waals surface area contributed by atoms with E-state index < -0.39 is 11.4 Å². The molecule has 1 aliphatic rings. The first-order valence-electron chi connectivity index (χ1n) is 7.09. The number of carbonyl (C=O) groups is 2. The number of hydrogen-bond acceptors (Lipinski definition) is 3. The van der Waals surface area contributed by atoms with Crippen molar-refractivity contribution in [2.45, 2.75) is 38.1 Å². The molecule has 2 aromatic rings. The van der Waals surface area contributed by atoms with E-state index in [0.29, 0.717) is 18.4 Å². The minimum absolute atomic E-state index is 0.273. The number of primary amides is 1. The molecule has 0 spiro atoms. The fraction of sp³-hybridized carbons (Fsp3) is 0.400. The van der Waals surface area contributed by atoms with E-state index in [1.54, 1.807) is 18.2 Å². The average molecular weight is 286 g/mol. The third-order valence-electron chi connectivity index (χ3n) is 4.14. The predicted octanol–water partition coefficient (Wildman–Crippen LogP) is 1.40. The Bertz CT molecular complexity index is 714. The molecule has 21 heavy (non-hydrogen) atoms. The summed E-state index contributed by atoms with van der Waals surface area (Å²) >= 11 is 0. The van der Waals surface area contributed by atoms with Crippen LogP contribution < -0.4 is 11.1 Å². The van der Waals surface area contributed by atoms with Crippen LogP contribution in [0.3, 0.4) is 0 Å². The van der Waals surface area contributed by atoms with Gasteiger partial charge in [-0.05, 0) is 38.0 Å². The van der Waals surface area contributed by atoms with Gasteiger partial charge in [0.25, 0.3) is 5.91 Å². The molecule has 1 heterocycles. The number of imidazole rings is 1. The third kappa shape index (κ3) is 2.37. The highest BCUT2D eigenvalue weighted by Crippen LogP contribution is 2.29. The summed E-state index contributed by atoms with van der Waals surface area (Å²) in [4.78, 5) is 31.5. The van der Waals surface area contributed by atoms with Crippen LogP contribution in [-0.4, -0.2) is 27.3 Å². The van der Waals surface area contributed by atoms with Crippen molar-refractivity contribution in [1.82, 2.24) is 15.3 Å². The zero-order valence-electron chi connectivity index (χ0n) is 11.9. The number of amides is 2. The molecule has 1 aliphatic carbocycles. The van der Waals surface area contributed by atoms with Gasteiger partial charge in [-0.2, -0.15) is 0 Å². The van der Waals surface area contributed by atoms with Crippen LogP contribution in [0.15, 0.2) is 18.2 Å². The molecular formula is C15H18N4O2. The summed E-state index contributed by atoms with van der Waals surface area (Å²) in [6.07, 6.45) is 3.03. The minimum Gasteiger partial charge on any atom is -0.368 e. The Hall–Kier alpha value is -2.37. The second-order valence-electron chi connectivity index (χ2n) is 5.66. The second kappa shape index (κ2) is 4.87. The molecule has 0 saturated heterocycles. The zero-order valence-corrected chi connectivity index (χ0v) is 11.9. The Morgan fingerprint density at radius 3 is 2.71 bits per heavy atom. The molecule has 0 unspecified atom stereocenters. The normalized spacial score (nSPS) is 17.0. The van der Waals surface area contributed by atoms with Crippen molar-refractivity contribution in [3.05, 3.63) is 29.6 Å². The number of hydrogen-bond donors (Lipinski definition) is 3. The molecule has 1 aromatic carbocycles. The molecule has 0 bridgehead atoms. The highest BCUT2D eigenvalue weighted by molar-refractivity contribution is 6.01. The highest BCUT2D eigenvalue weighted by Gasteiger charge is 2.41. The topological polar surface area (TPSA) is 101 Å². The molecule has 6 nitrogen and oxygen atoms in total. The molecule has 1 saturated carbocycles. The van der Waals surface area contributed by atoms with Crippen LogP contribution in [0, 0.1) is 6.92 Å². The number of aromatic nitrogens is 2. The first-order chi connectivity index (χ1) is 10.00. The summed E-state index contributed by atoms with van der Waals surface area (Å²) in [5, 5.41) is 2.83. The smallest absolute Gasteiger partial charge is 0.252 e. The van der Waals surface area contributed by atoms with Gasteiger partial charge in [0, 0.05) is 5.56 Å². The molecule has 0 radical (unpaired) electrons. The lowest BCUT2D eigenvalue weighted by Gasteiger charge is -2.26. The number of aryl methyl sites for hydroxylation is 1. The van der Waals surface area contributed by atoms with Gasteiger partial charge in [-0.1, -0.05) is 12.8 Å². The number of benzene rings is 1. The Morgan fingerprint density at radius 1 is 1.33 bits per heavy atom. The summed E-state index contributed by atoms with van der Waals surface area (Å²) in [5.74, 6) is 0.0728. The maximum Gasteiger partial charge on any atom is 0.252 e. The van der Waals surface area contributed by atoms with Crippen LogP contribution in [0.4, 0.5) is 0 Å². The van der Waals surface area contributed by atoms with Crippen molar-refractivity contribution in [1.29, 1.82) is 0 Å². The lowest BCUT2D eigenvalue weighted by molar-refractivity contribution is -0.123. The molecular weight excluding hydrogens is 268 g/mol. The largest absolute Gasteiger partial charge is 0.368 e. The number of nitrogens with two attached hydrogens (primary N) is 1. The summed E-state index contributed by atoms with van der Waals surface area (Å²) in [6.45, 7) is 1.86. The van der Waals surface area contributed by atoms with Crippen molar-refractivity contribution in [3.63, 3.8) is 0 Å². The lowest BCUT2D eigenvalue weighted by atomic mass is 9.96. The summed E-state index contributed by atoms with van der Waals surface area (Å²) in [5.41, 5.74) is 6.71. The first-order valence-corrected chi connectivity index (χ1v) is 7.09. The van der Waals surface area contributed by atoms with E-state index in [4.69, 9.17) is 5.73 Å². The van der Waals surface area contributed by atoms with E-state index in [1.807, 2.05) is 6.92 Å². The summed E-state index contributed by atoms with van der Waals surface area (Å²) in [6, 6.07) is 5.25. The van der Waals surface area contributed by atoms with E-state index in [9.17, 15) is 9.59 Å². The third-order valence-corrected chi connectivity index (χ3v) is 4.14.